The van der Waals surface area contributed by atoms with Gasteiger partial charge in [0.1, 0.15) is 0 Å². The minimum Gasteiger partial charge on any atom is -0.310 e. The second-order valence-electron chi connectivity index (χ2n) is 5.12. The van der Waals surface area contributed by atoms with E-state index < -0.39 is 11.6 Å². The lowest BCUT2D eigenvalue weighted by Gasteiger charge is -2.20. The van der Waals surface area contributed by atoms with Crippen LogP contribution in [0.5, 0.6) is 0 Å². The van der Waals surface area contributed by atoms with Gasteiger partial charge in [-0.05, 0) is 46.9 Å². The fourth-order valence-electron chi connectivity index (χ4n) is 2.27. The summed E-state index contributed by atoms with van der Waals surface area (Å²) >= 11 is 3.19. The Morgan fingerprint density at radius 1 is 1.10 bits per heavy atom. The van der Waals surface area contributed by atoms with Crippen LogP contribution in [0.1, 0.15) is 64.0 Å². The summed E-state index contributed by atoms with van der Waals surface area (Å²) in [5.74, 6) is -1.60. The van der Waals surface area contributed by atoms with Gasteiger partial charge in [-0.15, -0.1) is 0 Å². The van der Waals surface area contributed by atoms with E-state index in [9.17, 15) is 8.78 Å². The Labute approximate surface area is 129 Å². The van der Waals surface area contributed by atoms with E-state index in [1.54, 1.807) is 6.07 Å². The van der Waals surface area contributed by atoms with Gasteiger partial charge in [0.25, 0.3) is 0 Å². The number of hydrogen-bond acceptors (Lipinski definition) is 1. The van der Waals surface area contributed by atoms with Gasteiger partial charge in [0, 0.05) is 6.04 Å². The Kier molecular flexibility index (Phi) is 8.31. The second kappa shape index (κ2) is 9.46. The van der Waals surface area contributed by atoms with Crippen LogP contribution in [0.15, 0.2) is 16.6 Å². The first-order valence-electron chi connectivity index (χ1n) is 7.48. The smallest absolute Gasteiger partial charge is 0.173 e. The minimum atomic E-state index is -0.805. The van der Waals surface area contributed by atoms with E-state index in [1.807, 2.05) is 0 Å². The van der Waals surface area contributed by atoms with Crippen LogP contribution in [0.25, 0.3) is 0 Å². The Morgan fingerprint density at radius 3 is 2.50 bits per heavy atom. The Hall–Kier alpha value is -0.480. The van der Waals surface area contributed by atoms with E-state index in [2.05, 4.69) is 35.1 Å². The molecule has 114 valence electrons. The summed E-state index contributed by atoms with van der Waals surface area (Å²) in [6, 6.07) is 2.97. The molecule has 0 fully saturated rings. The lowest BCUT2D eigenvalue weighted by molar-refractivity contribution is 0.458. The summed E-state index contributed by atoms with van der Waals surface area (Å²) in [6.07, 6.45) is 6.67. The van der Waals surface area contributed by atoms with E-state index >= 15 is 0 Å². The van der Waals surface area contributed by atoms with Crippen molar-refractivity contribution in [3.05, 3.63) is 33.8 Å². The fourth-order valence-corrected chi connectivity index (χ4v) is 2.87. The molecule has 0 heterocycles. The monoisotopic (exact) mass is 347 g/mol. The highest BCUT2D eigenvalue weighted by Gasteiger charge is 2.18. The molecule has 1 nitrogen and oxygen atoms in total. The fraction of sp³-hybridized carbons (Fsp3) is 0.625. The third kappa shape index (κ3) is 5.13. The minimum absolute atomic E-state index is 0.0799. The number of benzene rings is 1. The van der Waals surface area contributed by atoms with Gasteiger partial charge >= 0.3 is 0 Å². The summed E-state index contributed by atoms with van der Waals surface area (Å²) in [5, 5.41) is 3.43. The van der Waals surface area contributed by atoms with Crippen LogP contribution >= 0.6 is 15.9 Å². The third-order valence-corrected chi connectivity index (χ3v) is 4.23. The van der Waals surface area contributed by atoms with E-state index in [1.165, 1.54) is 25.3 Å². The molecule has 1 N–H and O–H groups in total. The Balaban J connectivity index is 2.78. The number of nitrogens with one attached hydrogen (secondary N) is 1. The zero-order chi connectivity index (χ0) is 15.0. The van der Waals surface area contributed by atoms with Crippen molar-refractivity contribution in [1.29, 1.82) is 0 Å². The largest absolute Gasteiger partial charge is 0.310 e. The van der Waals surface area contributed by atoms with Gasteiger partial charge in [-0.1, -0.05) is 45.6 Å². The molecule has 0 aliphatic heterocycles. The zero-order valence-corrected chi connectivity index (χ0v) is 13.9. The highest BCUT2D eigenvalue weighted by atomic mass is 79.9. The lowest BCUT2D eigenvalue weighted by Crippen LogP contribution is -2.23. The first-order valence-corrected chi connectivity index (χ1v) is 8.27. The molecule has 0 bridgehead atoms. The number of unbranched alkanes of at least 4 members (excludes halogenated alkanes) is 3. The zero-order valence-electron chi connectivity index (χ0n) is 12.3. The SMILES string of the molecule is CCCCCCC(NCCC)c1ccc(F)c(F)c1Br. The van der Waals surface area contributed by atoms with Crippen molar-refractivity contribution >= 4 is 15.9 Å². The molecule has 4 heteroatoms. The van der Waals surface area contributed by atoms with Crippen molar-refractivity contribution in [2.24, 2.45) is 0 Å². The normalized spacial score (nSPS) is 12.7. The quantitative estimate of drug-likeness (QED) is 0.443. The molecular weight excluding hydrogens is 324 g/mol. The highest BCUT2D eigenvalue weighted by molar-refractivity contribution is 9.10. The highest BCUT2D eigenvalue weighted by Crippen LogP contribution is 2.30. The number of rotatable bonds is 9. The maximum absolute atomic E-state index is 13.7. The van der Waals surface area contributed by atoms with Gasteiger partial charge in [-0.3, -0.25) is 0 Å². The topological polar surface area (TPSA) is 12.0 Å². The number of hydrogen-bond donors (Lipinski definition) is 1. The summed E-state index contributed by atoms with van der Waals surface area (Å²) in [6.45, 7) is 5.16. The molecule has 1 atom stereocenters. The van der Waals surface area contributed by atoms with Crippen molar-refractivity contribution < 1.29 is 8.78 Å². The van der Waals surface area contributed by atoms with Crippen LogP contribution in [0, 0.1) is 11.6 Å². The molecule has 0 saturated carbocycles. The summed E-state index contributed by atoms with van der Waals surface area (Å²) in [7, 11) is 0. The predicted octanol–water partition coefficient (Wildman–Crippen LogP) is 5.74. The molecule has 0 spiro atoms. The van der Waals surface area contributed by atoms with Crippen molar-refractivity contribution in [3.8, 4) is 0 Å². The van der Waals surface area contributed by atoms with Crippen LogP contribution in [-0.2, 0) is 0 Å². The predicted molar refractivity (Wildman–Crippen MR) is 83.9 cm³/mol. The van der Waals surface area contributed by atoms with Crippen LogP contribution in [0.2, 0.25) is 0 Å². The van der Waals surface area contributed by atoms with Gasteiger partial charge in [0.2, 0.25) is 0 Å². The van der Waals surface area contributed by atoms with E-state index in [0.29, 0.717) is 0 Å². The van der Waals surface area contributed by atoms with Gasteiger partial charge in [0.05, 0.1) is 4.47 Å². The maximum atomic E-state index is 13.7. The maximum Gasteiger partial charge on any atom is 0.173 e. The van der Waals surface area contributed by atoms with Crippen molar-refractivity contribution in [1.82, 2.24) is 5.32 Å². The van der Waals surface area contributed by atoms with Crippen molar-refractivity contribution in [2.45, 2.75) is 58.4 Å². The molecule has 0 aromatic heterocycles. The third-order valence-electron chi connectivity index (χ3n) is 3.43. The van der Waals surface area contributed by atoms with Crippen LogP contribution < -0.4 is 5.32 Å². The molecule has 0 aliphatic carbocycles. The van der Waals surface area contributed by atoms with E-state index in [-0.39, 0.29) is 10.5 Å². The molecule has 0 radical (unpaired) electrons. The van der Waals surface area contributed by atoms with Gasteiger partial charge < -0.3 is 5.32 Å². The van der Waals surface area contributed by atoms with Crippen molar-refractivity contribution in [3.63, 3.8) is 0 Å². The lowest BCUT2D eigenvalue weighted by atomic mass is 9.99. The molecule has 0 aliphatic rings. The van der Waals surface area contributed by atoms with Gasteiger partial charge in [-0.2, -0.15) is 0 Å². The molecule has 1 aromatic rings. The molecule has 1 unspecified atom stereocenters. The van der Waals surface area contributed by atoms with Gasteiger partial charge in [-0.25, -0.2) is 8.78 Å². The number of halogens is 3. The van der Waals surface area contributed by atoms with Crippen LogP contribution in [0.3, 0.4) is 0 Å². The first kappa shape index (κ1) is 17.6. The molecule has 1 aromatic carbocycles. The molecule has 1 rings (SSSR count). The summed E-state index contributed by atoms with van der Waals surface area (Å²) in [4.78, 5) is 0. The second-order valence-corrected chi connectivity index (χ2v) is 5.91. The average molecular weight is 348 g/mol. The van der Waals surface area contributed by atoms with Crippen LogP contribution in [0.4, 0.5) is 8.78 Å². The Bertz CT molecular complexity index is 410. The van der Waals surface area contributed by atoms with Gasteiger partial charge in [0.15, 0.2) is 11.6 Å². The average Bonchev–Trinajstić information content (AvgIpc) is 2.45. The molecule has 0 amide bonds. The molecule has 0 saturated heterocycles. The van der Waals surface area contributed by atoms with E-state index in [0.717, 1.165) is 31.4 Å². The molecular formula is C16H24BrF2N. The van der Waals surface area contributed by atoms with Crippen molar-refractivity contribution in [2.75, 3.05) is 6.54 Å². The van der Waals surface area contributed by atoms with Crippen LogP contribution in [-0.4, -0.2) is 6.54 Å². The summed E-state index contributed by atoms with van der Waals surface area (Å²) in [5.41, 5.74) is 0.814. The van der Waals surface area contributed by atoms with E-state index in [4.69, 9.17) is 0 Å². The Morgan fingerprint density at radius 2 is 1.85 bits per heavy atom. The standard InChI is InChI=1S/C16H24BrF2N/c1-3-5-6-7-8-14(20-11-4-2)12-9-10-13(18)16(19)15(12)17/h9-10,14,20H,3-8,11H2,1-2H3. The summed E-state index contributed by atoms with van der Waals surface area (Å²) < 4.78 is 27.1. The molecule has 20 heavy (non-hydrogen) atoms. The first-order chi connectivity index (χ1) is 9.61.